The van der Waals surface area contributed by atoms with Crippen molar-refractivity contribution in [2.45, 2.75) is 32.7 Å². The molecule has 1 aliphatic heterocycles. The van der Waals surface area contributed by atoms with Gasteiger partial charge in [-0.1, -0.05) is 18.2 Å². The lowest BCUT2D eigenvalue weighted by Crippen LogP contribution is -2.43. The van der Waals surface area contributed by atoms with Gasteiger partial charge in [0, 0.05) is 6.04 Å². The Labute approximate surface area is 108 Å². The Hall–Kier alpha value is -1.55. The van der Waals surface area contributed by atoms with E-state index in [0.717, 1.165) is 37.1 Å². The minimum Gasteiger partial charge on any atom is -0.410 e. The van der Waals surface area contributed by atoms with Gasteiger partial charge in [-0.2, -0.15) is 0 Å². The summed E-state index contributed by atoms with van der Waals surface area (Å²) in [5.41, 5.74) is 1.96. The van der Waals surface area contributed by atoms with Gasteiger partial charge in [0.1, 0.15) is 5.75 Å². The first-order chi connectivity index (χ1) is 8.66. The Balaban J connectivity index is 1.94. The van der Waals surface area contributed by atoms with Crippen molar-refractivity contribution in [3.63, 3.8) is 0 Å². The van der Waals surface area contributed by atoms with Gasteiger partial charge in [0.25, 0.3) is 0 Å². The number of rotatable bonds is 2. The standard InChI is InChI=1S/C14H20N2O2/c1-10-4-3-5-11(2)13(10)18-14(17)16-12-6-8-15-9-7-12/h3-5,12,15H,6-9H2,1-2H3,(H,16,17). The van der Waals surface area contributed by atoms with Crippen LogP contribution in [0, 0.1) is 13.8 Å². The number of para-hydroxylation sites is 1. The van der Waals surface area contributed by atoms with Crippen molar-refractivity contribution in [2.24, 2.45) is 0 Å². The zero-order chi connectivity index (χ0) is 13.0. The molecule has 0 aromatic heterocycles. The maximum Gasteiger partial charge on any atom is 0.412 e. The molecule has 4 nitrogen and oxygen atoms in total. The topological polar surface area (TPSA) is 50.4 Å². The molecule has 1 aromatic rings. The third-order valence-electron chi connectivity index (χ3n) is 3.26. The van der Waals surface area contributed by atoms with Gasteiger partial charge in [-0.25, -0.2) is 4.79 Å². The maximum atomic E-state index is 11.8. The molecule has 0 saturated carbocycles. The van der Waals surface area contributed by atoms with E-state index in [1.807, 2.05) is 32.0 Å². The van der Waals surface area contributed by atoms with E-state index >= 15 is 0 Å². The molecular weight excluding hydrogens is 228 g/mol. The van der Waals surface area contributed by atoms with Crippen LogP contribution in [0.1, 0.15) is 24.0 Å². The number of carbonyl (C=O) groups is 1. The quantitative estimate of drug-likeness (QED) is 0.843. The third kappa shape index (κ3) is 3.23. The van der Waals surface area contributed by atoms with Crippen LogP contribution in [0.5, 0.6) is 5.75 Å². The zero-order valence-corrected chi connectivity index (χ0v) is 11.0. The SMILES string of the molecule is Cc1cccc(C)c1OC(=O)NC1CCNCC1. The fourth-order valence-electron chi connectivity index (χ4n) is 2.22. The second-order valence-electron chi connectivity index (χ2n) is 4.78. The van der Waals surface area contributed by atoms with Crippen molar-refractivity contribution >= 4 is 6.09 Å². The zero-order valence-electron chi connectivity index (χ0n) is 11.0. The Morgan fingerprint density at radius 2 is 1.89 bits per heavy atom. The number of hydrogen-bond acceptors (Lipinski definition) is 3. The normalized spacial score (nSPS) is 16.3. The number of amides is 1. The van der Waals surface area contributed by atoms with Gasteiger partial charge in [-0.3, -0.25) is 0 Å². The predicted molar refractivity (Wildman–Crippen MR) is 71.0 cm³/mol. The number of carbonyl (C=O) groups excluding carboxylic acids is 1. The van der Waals surface area contributed by atoms with Crippen LogP contribution in [0.15, 0.2) is 18.2 Å². The molecule has 0 bridgehead atoms. The number of nitrogens with one attached hydrogen (secondary N) is 2. The molecule has 1 saturated heterocycles. The third-order valence-corrected chi connectivity index (χ3v) is 3.26. The summed E-state index contributed by atoms with van der Waals surface area (Å²) >= 11 is 0. The Bertz CT molecular complexity index is 406. The van der Waals surface area contributed by atoms with Crippen LogP contribution < -0.4 is 15.4 Å². The van der Waals surface area contributed by atoms with Crippen LogP contribution in [-0.2, 0) is 0 Å². The Morgan fingerprint density at radius 1 is 1.28 bits per heavy atom. The van der Waals surface area contributed by atoms with Crippen LogP contribution in [0.3, 0.4) is 0 Å². The molecule has 4 heteroatoms. The summed E-state index contributed by atoms with van der Waals surface area (Å²) in [6.07, 6.45) is 1.57. The minimum atomic E-state index is -0.348. The van der Waals surface area contributed by atoms with Crippen LogP contribution in [-0.4, -0.2) is 25.2 Å². The second-order valence-corrected chi connectivity index (χ2v) is 4.78. The summed E-state index contributed by atoms with van der Waals surface area (Å²) in [6.45, 7) is 5.79. The van der Waals surface area contributed by atoms with Crippen molar-refractivity contribution in [3.8, 4) is 5.75 Å². The van der Waals surface area contributed by atoms with E-state index in [4.69, 9.17) is 4.74 Å². The van der Waals surface area contributed by atoms with E-state index in [0.29, 0.717) is 5.75 Å². The van der Waals surface area contributed by atoms with E-state index in [-0.39, 0.29) is 12.1 Å². The number of piperidine rings is 1. The summed E-state index contributed by atoms with van der Waals surface area (Å²) in [6, 6.07) is 6.07. The van der Waals surface area contributed by atoms with Crippen molar-refractivity contribution in [2.75, 3.05) is 13.1 Å². The summed E-state index contributed by atoms with van der Waals surface area (Å²) in [4.78, 5) is 11.8. The van der Waals surface area contributed by atoms with E-state index in [2.05, 4.69) is 10.6 Å². The van der Waals surface area contributed by atoms with E-state index < -0.39 is 0 Å². The molecular formula is C14H20N2O2. The first-order valence-corrected chi connectivity index (χ1v) is 6.42. The Morgan fingerprint density at radius 3 is 2.50 bits per heavy atom. The smallest absolute Gasteiger partial charge is 0.410 e. The average Bonchev–Trinajstić information content (AvgIpc) is 2.35. The fraction of sp³-hybridized carbons (Fsp3) is 0.500. The van der Waals surface area contributed by atoms with Crippen LogP contribution in [0.4, 0.5) is 4.79 Å². The largest absolute Gasteiger partial charge is 0.412 e. The lowest BCUT2D eigenvalue weighted by molar-refractivity contribution is 0.192. The van der Waals surface area contributed by atoms with Gasteiger partial charge in [0.15, 0.2) is 0 Å². The van der Waals surface area contributed by atoms with Gasteiger partial charge in [0.2, 0.25) is 0 Å². The molecule has 0 aliphatic carbocycles. The first kappa shape index (κ1) is 12.9. The Kier molecular flexibility index (Phi) is 4.20. The monoisotopic (exact) mass is 248 g/mol. The maximum absolute atomic E-state index is 11.8. The van der Waals surface area contributed by atoms with E-state index in [1.54, 1.807) is 0 Å². The molecule has 1 aromatic carbocycles. The highest BCUT2D eigenvalue weighted by atomic mass is 16.6. The molecule has 2 rings (SSSR count). The second kappa shape index (κ2) is 5.87. The lowest BCUT2D eigenvalue weighted by atomic mass is 10.1. The van der Waals surface area contributed by atoms with Gasteiger partial charge < -0.3 is 15.4 Å². The summed E-state index contributed by atoms with van der Waals surface area (Å²) in [5, 5.41) is 6.18. The molecule has 2 N–H and O–H groups in total. The molecule has 1 amide bonds. The number of benzene rings is 1. The van der Waals surface area contributed by atoms with Gasteiger partial charge in [0.05, 0.1) is 0 Å². The lowest BCUT2D eigenvalue weighted by Gasteiger charge is -2.23. The minimum absolute atomic E-state index is 0.225. The van der Waals surface area contributed by atoms with Crippen LogP contribution in [0.25, 0.3) is 0 Å². The van der Waals surface area contributed by atoms with Crippen LogP contribution in [0.2, 0.25) is 0 Å². The number of aryl methyl sites for hydroxylation is 2. The first-order valence-electron chi connectivity index (χ1n) is 6.42. The van der Waals surface area contributed by atoms with Gasteiger partial charge in [-0.05, 0) is 50.9 Å². The molecule has 0 atom stereocenters. The van der Waals surface area contributed by atoms with E-state index in [9.17, 15) is 4.79 Å². The van der Waals surface area contributed by atoms with E-state index in [1.165, 1.54) is 0 Å². The fourth-order valence-corrected chi connectivity index (χ4v) is 2.22. The molecule has 1 aliphatic rings. The molecule has 98 valence electrons. The molecule has 18 heavy (non-hydrogen) atoms. The van der Waals surface area contributed by atoms with Crippen LogP contribution >= 0.6 is 0 Å². The summed E-state index contributed by atoms with van der Waals surface area (Å²) < 4.78 is 5.41. The molecule has 0 radical (unpaired) electrons. The molecule has 0 unspecified atom stereocenters. The summed E-state index contributed by atoms with van der Waals surface area (Å²) in [7, 11) is 0. The predicted octanol–water partition coefficient (Wildman–Crippen LogP) is 2.14. The van der Waals surface area contributed by atoms with Gasteiger partial charge >= 0.3 is 6.09 Å². The number of ether oxygens (including phenoxy) is 1. The summed E-state index contributed by atoms with van der Waals surface area (Å²) in [5.74, 6) is 0.670. The number of hydrogen-bond donors (Lipinski definition) is 2. The molecule has 1 fully saturated rings. The highest BCUT2D eigenvalue weighted by Crippen LogP contribution is 2.22. The van der Waals surface area contributed by atoms with Crippen molar-refractivity contribution < 1.29 is 9.53 Å². The van der Waals surface area contributed by atoms with Gasteiger partial charge in [-0.15, -0.1) is 0 Å². The highest BCUT2D eigenvalue weighted by Gasteiger charge is 2.17. The van der Waals surface area contributed by atoms with Crippen molar-refractivity contribution in [1.82, 2.24) is 10.6 Å². The molecule has 1 heterocycles. The highest BCUT2D eigenvalue weighted by molar-refractivity contribution is 5.71. The molecule has 0 spiro atoms. The van der Waals surface area contributed by atoms with Crippen molar-refractivity contribution in [3.05, 3.63) is 29.3 Å². The van der Waals surface area contributed by atoms with Crippen molar-refractivity contribution in [1.29, 1.82) is 0 Å². The average molecular weight is 248 g/mol.